The number of carbonyl (C=O) groups excluding carboxylic acids is 1. The van der Waals surface area contributed by atoms with Gasteiger partial charge in [-0.25, -0.2) is 13.6 Å². The number of hydrogen-bond donors (Lipinski definition) is 2. The molecule has 0 fully saturated rings. The summed E-state index contributed by atoms with van der Waals surface area (Å²) in [6.07, 6.45) is -1.06. The summed E-state index contributed by atoms with van der Waals surface area (Å²) >= 11 is 1.16. The second-order valence-corrected chi connectivity index (χ2v) is 8.23. The number of carboxylic acid groups (broad SMARTS) is 1. The lowest BCUT2D eigenvalue weighted by Crippen LogP contribution is -2.36. The molecule has 2 atom stereocenters. The average Bonchev–Trinajstić information content (AvgIpc) is 2.91. The number of amidine groups is 1. The minimum Gasteiger partial charge on any atom is -0.465 e. The maximum atomic E-state index is 14.7. The molecule has 1 aliphatic rings. The number of thioether (sulfide) groups is 1. The molecule has 1 aliphatic heterocycles. The standard InChI is InChI=1S/C19H19F2N3O4S/c1-8-16(10(3)28-24-8)15-7-19(4,23-17(29-15)22-18(26)27)12-5-11(9(2)25)13(20)6-14(12)21/h5-6,15H,7H2,1-4H3,(H,22,23)(H,26,27)/t15-,19-/m0/s1. The van der Waals surface area contributed by atoms with Crippen LogP contribution in [0.4, 0.5) is 13.6 Å². The number of Topliss-reactive ketones (excluding diaryl/α,β-unsaturated/α-hetero) is 1. The second-order valence-electron chi connectivity index (χ2n) is 7.04. The summed E-state index contributed by atoms with van der Waals surface area (Å²) in [5.74, 6) is -1.81. The highest BCUT2D eigenvalue weighted by Crippen LogP contribution is 2.49. The Kier molecular flexibility index (Phi) is 5.48. The lowest BCUT2D eigenvalue weighted by Gasteiger charge is -2.35. The normalized spacial score (nSPS) is 21.6. The Morgan fingerprint density at radius 3 is 2.55 bits per heavy atom. The van der Waals surface area contributed by atoms with Crippen LogP contribution >= 0.6 is 11.8 Å². The lowest BCUT2D eigenvalue weighted by atomic mass is 9.84. The Labute approximate surface area is 169 Å². The number of aliphatic imine (C=N–C) groups is 1. The Bertz CT molecular complexity index is 1020. The zero-order chi connectivity index (χ0) is 21.5. The van der Waals surface area contributed by atoms with Gasteiger partial charge >= 0.3 is 6.09 Å². The molecule has 1 aromatic heterocycles. The first-order valence-electron chi connectivity index (χ1n) is 8.71. The van der Waals surface area contributed by atoms with Gasteiger partial charge < -0.3 is 9.63 Å². The Balaban J connectivity index is 2.16. The quantitative estimate of drug-likeness (QED) is 0.705. The fourth-order valence-electron chi connectivity index (χ4n) is 3.49. The molecule has 0 radical (unpaired) electrons. The van der Waals surface area contributed by atoms with Crippen molar-refractivity contribution in [1.82, 2.24) is 10.5 Å². The average molecular weight is 423 g/mol. The molecule has 3 rings (SSSR count). The van der Waals surface area contributed by atoms with Crippen LogP contribution in [0.15, 0.2) is 21.6 Å². The number of nitrogens with one attached hydrogen (secondary N) is 1. The number of rotatable bonds is 3. The number of amides is 1. The van der Waals surface area contributed by atoms with Crippen LogP contribution < -0.4 is 5.32 Å². The van der Waals surface area contributed by atoms with Crippen molar-refractivity contribution in [3.63, 3.8) is 0 Å². The molecular weight excluding hydrogens is 404 g/mol. The molecular formula is C19H19F2N3O4S. The molecule has 0 spiro atoms. The van der Waals surface area contributed by atoms with Crippen molar-refractivity contribution >= 4 is 28.8 Å². The van der Waals surface area contributed by atoms with Gasteiger partial charge in [0.1, 0.15) is 17.4 Å². The summed E-state index contributed by atoms with van der Waals surface area (Å²) < 4.78 is 34.0. The Morgan fingerprint density at radius 1 is 1.31 bits per heavy atom. The van der Waals surface area contributed by atoms with Gasteiger partial charge in [0.05, 0.1) is 16.8 Å². The van der Waals surface area contributed by atoms with Crippen molar-refractivity contribution in [1.29, 1.82) is 0 Å². The topological polar surface area (TPSA) is 105 Å². The van der Waals surface area contributed by atoms with Crippen molar-refractivity contribution in [3.05, 3.63) is 51.9 Å². The highest BCUT2D eigenvalue weighted by atomic mass is 32.2. The number of hydrogen-bond acceptors (Lipinski definition) is 6. The van der Waals surface area contributed by atoms with E-state index < -0.39 is 29.0 Å². The van der Waals surface area contributed by atoms with Crippen LogP contribution in [0.2, 0.25) is 0 Å². The molecule has 0 unspecified atom stereocenters. The first-order chi connectivity index (χ1) is 13.5. The van der Waals surface area contributed by atoms with Gasteiger partial charge in [-0.1, -0.05) is 16.9 Å². The molecule has 2 heterocycles. The van der Waals surface area contributed by atoms with Crippen molar-refractivity contribution in [2.24, 2.45) is 4.99 Å². The number of aryl methyl sites for hydroxylation is 2. The van der Waals surface area contributed by atoms with Crippen LogP contribution in [0.3, 0.4) is 0 Å². The SMILES string of the molecule is CC(=O)c1cc([C@]2(C)C[C@@H](c3c(C)noc3C)SC(NC(=O)O)=N2)c(F)cc1F. The van der Waals surface area contributed by atoms with E-state index in [0.29, 0.717) is 17.5 Å². The molecule has 29 heavy (non-hydrogen) atoms. The fourth-order valence-corrected chi connectivity index (χ4v) is 5.03. The fraction of sp³-hybridized carbons (Fsp3) is 0.368. The Morgan fingerprint density at radius 2 is 2.00 bits per heavy atom. The third-order valence-corrected chi connectivity index (χ3v) is 5.93. The summed E-state index contributed by atoms with van der Waals surface area (Å²) in [6, 6.07) is 1.80. The van der Waals surface area contributed by atoms with E-state index in [1.807, 2.05) is 0 Å². The molecule has 10 heteroatoms. The highest BCUT2D eigenvalue weighted by molar-refractivity contribution is 8.14. The summed E-state index contributed by atoms with van der Waals surface area (Å²) in [5, 5.41) is 15.0. The van der Waals surface area contributed by atoms with E-state index in [1.165, 1.54) is 6.92 Å². The highest BCUT2D eigenvalue weighted by Gasteiger charge is 2.40. The van der Waals surface area contributed by atoms with Gasteiger partial charge in [-0.3, -0.25) is 15.1 Å². The smallest absolute Gasteiger partial charge is 0.410 e. The largest absolute Gasteiger partial charge is 0.465 e. The molecule has 0 saturated carbocycles. The third-order valence-electron chi connectivity index (χ3n) is 4.83. The molecule has 1 amide bonds. The number of benzene rings is 1. The van der Waals surface area contributed by atoms with Gasteiger partial charge in [0.15, 0.2) is 11.0 Å². The van der Waals surface area contributed by atoms with E-state index in [4.69, 9.17) is 9.63 Å². The van der Waals surface area contributed by atoms with Gasteiger partial charge in [0, 0.05) is 22.4 Å². The maximum Gasteiger partial charge on any atom is 0.410 e. The van der Waals surface area contributed by atoms with Crippen LogP contribution in [0, 0.1) is 25.5 Å². The van der Waals surface area contributed by atoms with E-state index in [-0.39, 0.29) is 28.0 Å². The number of carbonyl (C=O) groups is 2. The van der Waals surface area contributed by atoms with Gasteiger partial charge in [0.2, 0.25) is 0 Å². The Hall–Kier alpha value is -2.75. The van der Waals surface area contributed by atoms with Crippen LogP contribution in [0.1, 0.15) is 58.5 Å². The minimum absolute atomic E-state index is 0.00542. The molecule has 7 nitrogen and oxygen atoms in total. The number of aromatic nitrogens is 1. The first kappa shape index (κ1) is 21.0. The predicted octanol–water partition coefficient (Wildman–Crippen LogP) is 4.49. The van der Waals surface area contributed by atoms with Crippen molar-refractivity contribution < 1.29 is 28.0 Å². The summed E-state index contributed by atoms with van der Waals surface area (Å²) in [4.78, 5) is 27.3. The first-order valence-corrected chi connectivity index (χ1v) is 9.59. The van der Waals surface area contributed by atoms with Gasteiger partial charge in [0.25, 0.3) is 0 Å². The zero-order valence-corrected chi connectivity index (χ0v) is 17.0. The zero-order valence-electron chi connectivity index (χ0n) is 16.2. The number of nitrogens with zero attached hydrogens (tertiary/aromatic N) is 2. The number of halogens is 2. The molecule has 154 valence electrons. The van der Waals surface area contributed by atoms with E-state index >= 15 is 0 Å². The molecule has 0 saturated heterocycles. The van der Waals surface area contributed by atoms with Crippen LogP contribution in [0.5, 0.6) is 0 Å². The summed E-state index contributed by atoms with van der Waals surface area (Å²) in [5.41, 5.74) is -0.118. The minimum atomic E-state index is -1.32. The van der Waals surface area contributed by atoms with Crippen molar-refractivity contribution in [2.45, 2.75) is 44.9 Å². The number of ketones is 1. The lowest BCUT2D eigenvalue weighted by molar-refractivity contribution is 0.101. The summed E-state index contributed by atoms with van der Waals surface area (Å²) in [6.45, 7) is 6.29. The molecule has 0 bridgehead atoms. The molecule has 2 N–H and O–H groups in total. The van der Waals surface area contributed by atoms with E-state index in [1.54, 1.807) is 20.8 Å². The molecule has 0 aliphatic carbocycles. The monoisotopic (exact) mass is 423 g/mol. The molecule has 2 aromatic rings. The second kappa shape index (κ2) is 7.58. The third kappa shape index (κ3) is 4.02. The van der Waals surface area contributed by atoms with E-state index in [9.17, 15) is 18.4 Å². The van der Waals surface area contributed by atoms with Crippen molar-refractivity contribution in [3.8, 4) is 0 Å². The van der Waals surface area contributed by atoms with E-state index in [2.05, 4.69) is 15.5 Å². The molecule has 1 aromatic carbocycles. The van der Waals surface area contributed by atoms with Crippen LogP contribution in [-0.4, -0.2) is 27.3 Å². The van der Waals surface area contributed by atoms with Crippen LogP contribution in [-0.2, 0) is 5.54 Å². The van der Waals surface area contributed by atoms with E-state index in [0.717, 1.165) is 23.4 Å². The van der Waals surface area contributed by atoms with Crippen molar-refractivity contribution in [2.75, 3.05) is 0 Å². The van der Waals surface area contributed by atoms with Gasteiger partial charge in [-0.05, 0) is 40.2 Å². The summed E-state index contributed by atoms with van der Waals surface area (Å²) in [7, 11) is 0. The van der Waals surface area contributed by atoms with Gasteiger partial charge in [-0.15, -0.1) is 0 Å². The predicted molar refractivity (Wildman–Crippen MR) is 103 cm³/mol. The maximum absolute atomic E-state index is 14.7. The van der Waals surface area contributed by atoms with Gasteiger partial charge in [-0.2, -0.15) is 0 Å². The van der Waals surface area contributed by atoms with Crippen LogP contribution in [0.25, 0.3) is 0 Å².